The highest BCUT2D eigenvalue weighted by molar-refractivity contribution is 8.00. The molecule has 2 N–H and O–H groups in total. The first-order valence-electron chi connectivity index (χ1n) is 14.1. The van der Waals surface area contributed by atoms with Gasteiger partial charge in [-0.15, -0.1) is 11.8 Å². The van der Waals surface area contributed by atoms with Crippen LogP contribution in [0.2, 0.25) is 0 Å². The average Bonchev–Trinajstić information content (AvgIpc) is 3.50. The summed E-state index contributed by atoms with van der Waals surface area (Å²) in [6, 6.07) is 1.07. The number of hydrogen-bond donors (Lipinski definition) is 2. The van der Waals surface area contributed by atoms with Gasteiger partial charge in [0.2, 0.25) is 0 Å². The highest BCUT2D eigenvalue weighted by Gasteiger charge is 2.42. The van der Waals surface area contributed by atoms with E-state index in [4.69, 9.17) is 0 Å². The number of likely N-dealkylation sites (tertiary alicyclic amines) is 1. The molecule has 4 fully saturated rings. The lowest BCUT2D eigenvalue weighted by molar-refractivity contribution is -0.136. The number of rotatable bonds is 6. The fraction of sp³-hybridized carbons (Fsp3) is 0.741. The Hall–Kier alpha value is -1.56. The lowest BCUT2D eigenvalue weighted by Crippen LogP contribution is -2.45. The van der Waals surface area contributed by atoms with Crippen LogP contribution < -0.4 is 16.5 Å². The zero-order valence-corrected chi connectivity index (χ0v) is 22.4. The van der Waals surface area contributed by atoms with E-state index in [9.17, 15) is 22.4 Å². The van der Waals surface area contributed by atoms with Crippen molar-refractivity contribution in [3.05, 3.63) is 40.1 Å². The van der Waals surface area contributed by atoms with Crippen LogP contribution in [0.25, 0.3) is 5.52 Å². The minimum atomic E-state index is -4.57. The molecule has 210 valence electrons. The third-order valence-electron chi connectivity index (χ3n) is 9.33. The lowest BCUT2D eigenvalue weighted by atomic mass is 9.66. The third kappa shape index (κ3) is 5.28. The van der Waals surface area contributed by atoms with E-state index in [1.807, 2.05) is 16.7 Å². The van der Waals surface area contributed by atoms with Crippen LogP contribution in [-0.2, 0) is 12.7 Å². The summed E-state index contributed by atoms with van der Waals surface area (Å²) >= 11 is 1.90. The summed E-state index contributed by atoms with van der Waals surface area (Å²) in [7, 11) is 0. The maximum atomic E-state index is 14.2. The van der Waals surface area contributed by atoms with Crippen LogP contribution in [0.15, 0.2) is 23.3 Å². The van der Waals surface area contributed by atoms with E-state index in [2.05, 4.69) is 10.9 Å². The van der Waals surface area contributed by atoms with Crippen molar-refractivity contribution in [3.63, 3.8) is 0 Å². The van der Waals surface area contributed by atoms with E-state index in [0.717, 1.165) is 31.6 Å². The van der Waals surface area contributed by atoms with Gasteiger partial charge in [-0.25, -0.2) is 20.0 Å². The Bertz CT molecular complexity index is 1180. The molecular weight excluding hydrogens is 518 g/mol. The molecule has 2 aliphatic heterocycles. The number of halogens is 4. The molecule has 11 heteroatoms. The van der Waals surface area contributed by atoms with Crippen LogP contribution in [0.4, 0.5) is 17.6 Å². The number of thioether (sulfide) groups is 1. The number of alkyl halides is 4. The summed E-state index contributed by atoms with van der Waals surface area (Å²) in [6.07, 6.45) is 5.81. The minimum absolute atomic E-state index is 0.0800. The Morgan fingerprint density at radius 3 is 2.42 bits per heavy atom. The minimum Gasteiger partial charge on any atom is -0.299 e. The molecule has 0 spiro atoms. The molecule has 0 aromatic carbocycles. The van der Waals surface area contributed by atoms with Crippen molar-refractivity contribution in [2.75, 3.05) is 19.0 Å². The van der Waals surface area contributed by atoms with Gasteiger partial charge in [-0.05, 0) is 61.5 Å². The lowest BCUT2D eigenvalue weighted by Gasteiger charge is -2.44. The monoisotopic (exact) mass is 555 g/mol. The van der Waals surface area contributed by atoms with E-state index in [1.54, 1.807) is 10.8 Å². The van der Waals surface area contributed by atoms with E-state index < -0.39 is 23.6 Å². The van der Waals surface area contributed by atoms with Gasteiger partial charge in [-0.2, -0.15) is 13.2 Å². The molecule has 0 bridgehead atoms. The van der Waals surface area contributed by atoms with Gasteiger partial charge in [0.05, 0.1) is 22.3 Å². The molecule has 4 atom stereocenters. The maximum absolute atomic E-state index is 14.2. The van der Waals surface area contributed by atoms with Gasteiger partial charge >= 0.3 is 11.9 Å². The molecule has 2 saturated carbocycles. The molecule has 6 rings (SSSR count). The number of hydrazine groups is 1. The van der Waals surface area contributed by atoms with E-state index in [1.165, 1.54) is 35.9 Å². The molecule has 4 heterocycles. The Kier molecular flexibility index (Phi) is 7.56. The number of hydrogen-bond acceptors (Lipinski definition) is 5. The van der Waals surface area contributed by atoms with Gasteiger partial charge in [0, 0.05) is 38.1 Å². The van der Waals surface area contributed by atoms with Gasteiger partial charge in [0.15, 0.2) is 0 Å². The average molecular weight is 556 g/mol. The molecule has 6 nitrogen and oxygen atoms in total. The molecule has 4 aliphatic rings. The van der Waals surface area contributed by atoms with Crippen LogP contribution in [0.1, 0.15) is 75.0 Å². The molecule has 3 unspecified atom stereocenters. The Labute approximate surface area is 224 Å². The number of aromatic nitrogens is 2. The van der Waals surface area contributed by atoms with Crippen molar-refractivity contribution >= 4 is 17.3 Å². The topological polar surface area (TPSA) is 53.7 Å². The molecule has 2 aliphatic carbocycles. The summed E-state index contributed by atoms with van der Waals surface area (Å²) < 4.78 is 58.9. The first kappa shape index (κ1) is 26.7. The number of piperidine rings is 1. The normalized spacial score (nSPS) is 29.1. The molecule has 0 amide bonds. The summed E-state index contributed by atoms with van der Waals surface area (Å²) in [6.45, 7) is 1.29. The number of fused-ring (bicyclic) bond motifs is 1. The SMILES string of the molecule is O=c1n(C2CCCC([C@@H](C3CCC3)C3NNCS3)C2)cc2c(C(F)(F)F)cc(CN3CCC(F)CC3)cn12. The molecular formula is C27H37F4N5OS. The van der Waals surface area contributed by atoms with E-state index in [-0.39, 0.29) is 18.1 Å². The second-order valence-corrected chi connectivity index (χ2v) is 12.8. The van der Waals surface area contributed by atoms with Crippen LogP contribution >= 0.6 is 11.8 Å². The largest absolute Gasteiger partial charge is 0.418 e. The maximum Gasteiger partial charge on any atom is 0.418 e. The predicted octanol–water partition coefficient (Wildman–Crippen LogP) is 5.33. The highest BCUT2D eigenvalue weighted by atomic mass is 32.2. The van der Waals surface area contributed by atoms with Gasteiger partial charge in [0.25, 0.3) is 0 Å². The molecule has 0 radical (unpaired) electrons. The quantitative estimate of drug-likeness (QED) is 0.473. The van der Waals surface area contributed by atoms with Gasteiger partial charge in [0.1, 0.15) is 6.17 Å². The van der Waals surface area contributed by atoms with Gasteiger partial charge in [-0.3, -0.25) is 13.9 Å². The number of imidazole rings is 1. The van der Waals surface area contributed by atoms with Crippen LogP contribution in [0, 0.1) is 17.8 Å². The first-order valence-corrected chi connectivity index (χ1v) is 15.1. The Morgan fingerprint density at radius 1 is 1.03 bits per heavy atom. The van der Waals surface area contributed by atoms with Crippen molar-refractivity contribution in [1.29, 1.82) is 0 Å². The van der Waals surface area contributed by atoms with Crippen molar-refractivity contribution in [2.45, 2.75) is 88.1 Å². The second kappa shape index (κ2) is 10.8. The number of nitrogens with zero attached hydrogens (tertiary/aromatic N) is 3. The Morgan fingerprint density at radius 2 is 1.76 bits per heavy atom. The highest BCUT2D eigenvalue weighted by Crippen LogP contribution is 2.48. The summed E-state index contributed by atoms with van der Waals surface area (Å²) in [4.78, 5) is 15.6. The number of pyridine rings is 1. The first-order chi connectivity index (χ1) is 18.3. The second-order valence-electron chi connectivity index (χ2n) is 11.7. The summed E-state index contributed by atoms with van der Waals surface area (Å²) in [5, 5.41) is 0.343. The van der Waals surface area contributed by atoms with Crippen molar-refractivity contribution in [2.24, 2.45) is 17.8 Å². The standard InChI is InChI=1S/C27H37F4N5OS/c28-20-7-9-34(10-8-20)13-17-11-22(27(29,30)31)23-15-35(26(37)36(23)14-17)21-6-2-5-19(12-21)24(18-3-1-4-18)25-33-32-16-38-25/h11,14-15,18-21,24-25,32-33H,1-10,12-13,16H2/t19?,21?,24-,25?/m1/s1. The number of nitrogens with one attached hydrogen (secondary N) is 2. The van der Waals surface area contributed by atoms with Crippen LogP contribution in [-0.4, -0.2) is 44.4 Å². The van der Waals surface area contributed by atoms with Crippen molar-refractivity contribution in [3.8, 4) is 0 Å². The van der Waals surface area contributed by atoms with E-state index in [0.29, 0.717) is 54.6 Å². The van der Waals surface area contributed by atoms with Crippen LogP contribution in [0.3, 0.4) is 0 Å². The zero-order chi connectivity index (χ0) is 26.4. The molecule has 2 saturated heterocycles. The molecule has 38 heavy (non-hydrogen) atoms. The van der Waals surface area contributed by atoms with Gasteiger partial charge < -0.3 is 0 Å². The van der Waals surface area contributed by atoms with E-state index >= 15 is 0 Å². The Balaban J connectivity index is 1.30. The predicted molar refractivity (Wildman–Crippen MR) is 140 cm³/mol. The fourth-order valence-electron chi connectivity index (χ4n) is 7.19. The molecule has 2 aromatic heterocycles. The third-order valence-corrected chi connectivity index (χ3v) is 10.4. The fourth-order valence-corrected chi connectivity index (χ4v) is 8.37. The van der Waals surface area contributed by atoms with Crippen molar-refractivity contribution < 1.29 is 17.6 Å². The summed E-state index contributed by atoms with van der Waals surface area (Å²) in [5.74, 6) is 2.50. The summed E-state index contributed by atoms with van der Waals surface area (Å²) in [5.41, 5.74) is 5.88. The smallest absolute Gasteiger partial charge is 0.299 e. The van der Waals surface area contributed by atoms with Crippen molar-refractivity contribution in [1.82, 2.24) is 24.7 Å². The molecule has 2 aromatic rings. The zero-order valence-electron chi connectivity index (χ0n) is 21.6. The van der Waals surface area contributed by atoms with Crippen LogP contribution in [0.5, 0.6) is 0 Å². The van der Waals surface area contributed by atoms with Gasteiger partial charge in [-0.1, -0.05) is 25.7 Å².